The van der Waals surface area contributed by atoms with Gasteiger partial charge in [-0.1, -0.05) is 11.6 Å². The monoisotopic (exact) mass is 223 g/mol. The van der Waals surface area contributed by atoms with Crippen molar-refractivity contribution in [1.82, 2.24) is 0 Å². The first kappa shape index (κ1) is 7.82. The van der Waals surface area contributed by atoms with Crippen LogP contribution in [-0.2, 0) is 0 Å². The van der Waals surface area contributed by atoms with E-state index < -0.39 is 0 Å². The average molecular weight is 224 g/mol. The number of anilines is 1. The smallest absolute Gasteiger partial charge is 0.147 e. The summed E-state index contributed by atoms with van der Waals surface area (Å²) in [6.07, 6.45) is 0. The van der Waals surface area contributed by atoms with Crippen molar-refractivity contribution < 1.29 is 4.39 Å². The Hall–Kier alpha value is -0.280. The Bertz CT molecular complexity index is 241. The van der Waals surface area contributed by atoms with Crippen molar-refractivity contribution >= 4 is 33.4 Å². The summed E-state index contributed by atoms with van der Waals surface area (Å²) >= 11 is 8.46. The molecule has 0 unspecified atom stereocenters. The molecule has 1 rings (SSSR count). The van der Waals surface area contributed by atoms with Crippen LogP contribution in [0.1, 0.15) is 0 Å². The van der Waals surface area contributed by atoms with Crippen molar-refractivity contribution in [2.75, 3.05) is 4.34 Å². The molecule has 1 aromatic carbocycles. The van der Waals surface area contributed by atoms with Gasteiger partial charge in [-0.15, -0.1) is 0 Å². The maximum Gasteiger partial charge on any atom is 0.147 e. The van der Waals surface area contributed by atoms with E-state index in [0.717, 1.165) is 0 Å². The third-order valence-electron chi connectivity index (χ3n) is 1.03. The van der Waals surface area contributed by atoms with Crippen LogP contribution in [0.3, 0.4) is 0 Å². The quantitative estimate of drug-likeness (QED) is 0.722. The van der Waals surface area contributed by atoms with Gasteiger partial charge in [-0.3, -0.25) is 0 Å². The van der Waals surface area contributed by atoms with Crippen LogP contribution in [0.2, 0.25) is 5.02 Å². The minimum absolute atomic E-state index is 0.332. The summed E-state index contributed by atoms with van der Waals surface area (Å²) in [5, 5.41) is 0.503. The third kappa shape index (κ3) is 1.61. The minimum atomic E-state index is -0.332. The molecule has 10 heavy (non-hydrogen) atoms. The van der Waals surface area contributed by atoms with Gasteiger partial charge in [0.15, 0.2) is 0 Å². The Kier molecular flexibility index (Phi) is 2.51. The van der Waals surface area contributed by atoms with Gasteiger partial charge in [-0.2, -0.15) is 0 Å². The van der Waals surface area contributed by atoms with Crippen LogP contribution in [-0.4, -0.2) is 0 Å². The molecule has 0 bridgehead atoms. The molecule has 0 amide bonds. The van der Waals surface area contributed by atoms with Gasteiger partial charge in [0, 0.05) is 21.2 Å². The van der Waals surface area contributed by atoms with Gasteiger partial charge in [-0.25, -0.2) is 4.39 Å². The highest BCUT2D eigenvalue weighted by Crippen LogP contribution is 2.19. The summed E-state index contributed by atoms with van der Waals surface area (Å²) < 4.78 is 15.1. The Labute approximate surface area is 71.5 Å². The summed E-state index contributed by atoms with van der Waals surface area (Å²) in [7, 11) is 0. The summed E-state index contributed by atoms with van der Waals surface area (Å²) in [6, 6.07) is 4.28. The lowest BCUT2D eigenvalue weighted by molar-refractivity contribution is 0.633. The standard InChI is InChI=1S/C6H4BrClFN/c7-10-6-3-4(8)1-2-5(6)9/h1-3,10H. The predicted molar refractivity (Wildman–Crippen MR) is 44.0 cm³/mol. The van der Waals surface area contributed by atoms with E-state index in [1.807, 2.05) is 0 Å². The summed E-state index contributed by atoms with van der Waals surface area (Å²) in [5.74, 6) is -0.332. The van der Waals surface area contributed by atoms with Crippen molar-refractivity contribution in [2.24, 2.45) is 0 Å². The molecule has 0 saturated carbocycles. The minimum Gasteiger partial charge on any atom is -0.320 e. The second-order valence-electron chi connectivity index (χ2n) is 1.72. The molecule has 0 saturated heterocycles. The lowest BCUT2D eigenvalue weighted by Gasteiger charge is -1.98. The van der Waals surface area contributed by atoms with Crippen LogP contribution >= 0.6 is 27.7 Å². The number of hydrogen-bond donors (Lipinski definition) is 1. The number of halogens is 3. The summed E-state index contributed by atoms with van der Waals surface area (Å²) in [4.78, 5) is 0. The lowest BCUT2D eigenvalue weighted by atomic mass is 10.3. The van der Waals surface area contributed by atoms with E-state index >= 15 is 0 Å². The van der Waals surface area contributed by atoms with Crippen LogP contribution in [0.25, 0.3) is 0 Å². The van der Waals surface area contributed by atoms with Gasteiger partial charge < -0.3 is 4.34 Å². The van der Waals surface area contributed by atoms with Crippen LogP contribution in [0.4, 0.5) is 10.1 Å². The first-order valence-corrected chi connectivity index (χ1v) is 3.73. The van der Waals surface area contributed by atoms with Crippen molar-refractivity contribution in [2.45, 2.75) is 0 Å². The molecule has 0 aliphatic rings. The molecule has 0 aromatic heterocycles. The fourth-order valence-electron chi connectivity index (χ4n) is 0.570. The van der Waals surface area contributed by atoms with E-state index in [2.05, 4.69) is 20.5 Å². The normalized spacial score (nSPS) is 9.50. The molecular weight excluding hydrogens is 220 g/mol. The molecule has 0 radical (unpaired) electrons. The molecule has 54 valence electrons. The zero-order valence-electron chi connectivity index (χ0n) is 4.87. The fourth-order valence-corrected chi connectivity index (χ4v) is 1.05. The largest absolute Gasteiger partial charge is 0.320 e. The summed E-state index contributed by atoms with van der Waals surface area (Å²) in [6.45, 7) is 0. The van der Waals surface area contributed by atoms with Crippen LogP contribution in [0.15, 0.2) is 18.2 Å². The second kappa shape index (κ2) is 3.21. The van der Waals surface area contributed by atoms with Gasteiger partial charge in [0.05, 0.1) is 5.69 Å². The molecular formula is C6H4BrClFN. The first-order valence-electron chi connectivity index (χ1n) is 2.55. The molecule has 4 heteroatoms. The topological polar surface area (TPSA) is 12.0 Å². The maximum atomic E-state index is 12.6. The lowest BCUT2D eigenvalue weighted by Crippen LogP contribution is -1.84. The van der Waals surface area contributed by atoms with Crippen molar-refractivity contribution in [3.8, 4) is 0 Å². The van der Waals surface area contributed by atoms with Crippen molar-refractivity contribution in [3.05, 3.63) is 29.0 Å². The Morgan fingerprint density at radius 2 is 2.20 bits per heavy atom. The Balaban J connectivity index is 3.09. The Morgan fingerprint density at radius 1 is 1.50 bits per heavy atom. The van der Waals surface area contributed by atoms with Gasteiger partial charge >= 0.3 is 0 Å². The summed E-state index contributed by atoms with van der Waals surface area (Å²) in [5.41, 5.74) is 0.340. The molecule has 0 aliphatic heterocycles. The number of rotatable bonds is 1. The van der Waals surface area contributed by atoms with Crippen molar-refractivity contribution in [1.29, 1.82) is 0 Å². The molecule has 0 atom stereocenters. The molecule has 0 fully saturated rings. The Morgan fingerprint density at radius 3 is 2.70 bits per heavy atom. The van der Waals surface area contributed by atoms with Crippen LogP contribution < -0.4 is 4.34 Å². The van der Waals surface area contributed by atoms with Crippen LogP contribution in [0.5, 0.6) is 0 Å². The maximum absolute atomic E-state index is 12.6. The highest BCUT2D eigenvalue weighted by molar-refractivity contribution is 9.10. The predicted octanol–water partition coefficient (Wildman–Crippen LogP) is 3.20. The molecule has 0 aliphatic carbocycles. The molecule has 1 N–H and O–H groups in total. The average Bonchev–Trinajstić information content (AvgIpc) is 1.94. The van der Waals surface area contributed by atoms with Gasteiger partial charge in [0.2, 0.25) is 0 Å². The van der Waals surface area contributed by atoms with E-state index in [0.29, 0.717) is 10.7 Å². The van der Waals surface area contributed by atoms with E-state index in [1.165, 1.54) is 18.2 Å². The van der Waals surface area contributed by atoms with Crippen LogP contribution in [0, 0.1) is 5.82 Å². The number of nitrogens with one attached hydrogen (secondary N) is 1. The SMILES string of the molecule is Fc1ccc(Cl)cc1NBr. The molecule has 1 nitrogen and oxygen atoms in total. The highest BCUT2D eigenvalue weighted by atomic mass is 79.9. The van der Waals surface area contributed by atoms with Crippen molar-refractivity contribution in [3.63, 3.8) is 0 Å². The van der Waals surface area contributed by atoms with Gasteiger partial charge in [0.1, 0.15) is 5.82 Å². The number of hydrogen-bond acceptors (Lipinski definition) is 1. The van der Waals surface area contributed by atoms with E-state index in [1.54, 1.807) is 0 Å². The van der Waals surface area contributed by atoms with E-state index in [4.69, 9.17) is 11.6 Å². The molecule has 0 heterocycles. The van der Waals surface area contributed by atoms with Gasteiger partial charge in [-0.05, 0) is 18.2 Å². The van der Waals surface area contributed by atoms with E-state index in [-0.39, 0.29) is 5.82 Å². The fraction of sp³-hybridized carbons (Fsp3) is 0. The van der Waals surface area contributed by atoms with E-state index in [9.17, 15) is 4.39 Å². The molecule has 1 aromatic rings. The molecule has 0 spiro atoms. The number of benzene rings is 1. The third-order valence-corrected chi connectivity index (χ3v) is 1.69. The highest BCUT2D eigenvalue weighted by Gasteiger charge is 1.98. The first-order chi connectivity index (χ1) is 4.74. The zero-order chi connectivity index (χ0) is 7.56. The second-order valence-corrected chi connectivity index (χ2v) is 2.55. The zero-order valence-corrected chi connectivity index (χ0v) is 7.21. The van der Waals surface area contributed by atoms with Gasteiger partial charge in [0.25, 0.3) is 0 Å².